The van der Waals surface area contributed by atoms with Crippen LogP contribution in [0.1, 0.15) is 0 Å². The minimum atomic E-state index is 0.311. The van der Waals surface area contributed by atoms with E-state index in [1.807, 2.05) is 12.1 Å². The van der Waals surface area contributed by atoms with Gasteiger partial charge >= 0.3 is 0 Å². The first-order chi connectivity index (χ1) is 7.84. The SMILES string of the molecule is Oc1cccc(-c2cccc3ccsc23)c1. The molecular weight excluding hydrogens is 216 g/mol. The summed E-state index contributed by atoms with van der Waals surface area (Å²) >= 11 is 1.73. The molecule has 0 radical (unpaired) electrons. The summed E-state index contributed by atoms with van der Waals surface area (Å²) < 4.78 is 1.27. The predicted molar refractivity (Wildman–Crippen MR) is 68.9 cm³/mol. The van der Waals surface area contributed by atoms with E-state index < -0.39 is 0 Å². The number of phenolic OH excluding ortho intramolecular Hbond substituents is 1. The highest BCUT2D eigenvalue weighted by molar-refractivity contribution is 7.17. The largest absolute Gasteiger partial charge is 0.508 e. The second-order valence-electron chi connectivity index (χ2n) is 3.69. The van der Waals surface area contributed by atoms with Gasteiger partial charge in [-0.25, -0.2) is 0 Å². The fourth-order valence-corrected chi connectivity index (χ4v) is 2.83. The maximum Gasteiger partial charge on any atom is 0.116 e. The maximum absolute atomic E-state index is 9.50. The van der Waals surface area contributed by atoms with Crippen LogP contribution in [0.3, 0.4) is 0 Å². The Hall–Kier alpha value is -1.80. The van der Waals surface area contributed by atoms with Gasteiger partial charge < -0.3 is 5.11 Å². The maximum atomic E-state index is 9.50. The van der Waals surface area contributed by atoms with E-state index >= 15 is 0 Å². The average Bonchev–Trinajstić information content (AvgIpc) is 2.76. The van der Waals surface area contributed by atoms with Gasteiger partial charge in [0.2, 0.25) is 0 Å². The fraction of sp³-hybridized carbons (Fsp3) is 0. The molecule has 0 amide bonds. The van der Waals surface area contributed by atoms with Gasteiger partial charge in [-0.05, 0) is 40.1 Å². The monoisotopic (exact) mass is 226 g/mol. The van der Waals surface area contributed by atoms with Gasteiger partial charge in [0, 0.05) is 4.70 Å². The van der Waals surface area contributed by atoms with Crippen LogP contribution >= 0.6 is 11.3 Å². The molecule has 3 rings (SSSR count). The molecule has 0 atom stereocenters. The molecule has 0 fully saturated rings. The van der Waals surface area contributed by atoms with Crippen molar-refractivity contribution in [3.8, 4) is 16.9 Å². The molecule has 1 N–H and O–H groups in total. The number of benzene rings is 2. The van der Waals surface area contributed by atoms with Crippen molar-refractivity contribution in [2.45, 2.75) is 0 Å². The zero-order valence-corrected chi connectivity index (χ0v) is 9.37. The van der Waals surface area contributed by atoms with Crippen molar-refractivity contribution in [1.82, 2.24) is 0 Å². The molecule has 78 valence electrons. The molecule has 1 heterocycles. The lowest BCUT2D eigenvalue weighted by atomic mass is 10.0. The molecule has 0 saturated carbocycles. The van der Waals surface area contributed by atoms with E-state index in [1.165, 1.54) is 15.6 Å². The molecular formula is C14H10OS. The molecule has 16 heavy (non-hydrogen) atoms. The highest BCUT2D eigenvalue weighted by atomic mass is 32.1. The predicted octanol–water partition coefficient (Wildman–Crippen LogP) is 4.27. The fourth-order valence-electron chi connectivity index (χ4n) is 1.89. The van der Waals surface area contributed by atoms with Crippen LogP contribution in [0.15, 0.2) is 53.9 Å². The van der Waals surface area contributed by atoms with Crippen molar-refractivity contribution >= 4 is 21.4 Å². The van der Waals surface area contributed by atoms with Crippen LogP contribution in [0.25, 0.3) is 21.2 Å². The Morgan fingerprint density at radius 3 is 2.69 bits per heavy atom. The first-order valence-electron chi connectivity index (χ1n) is 5.10. The third-order valence-corrected chi connectivity index (χ3v) is 3.60. The average molecular weight is 226 g/mol. The lowest BCUT2D eigenvalue weighted by Crippen LogP contribution is -1.77. The molecule has 0 aliphatic carbocycles. The lowest BCUT2D eigenvalue weighted by molar-refractivity contribution is 0.475. The summed E-state index contributed by atoms with van der Waals surface area (Å²) in [5, 5.41) is 12.9. The topological polar surface area (TPSA) is 20.2 Å². The van der Waals surface area contributed by atoms with Crippen molar-refractivity contribution < 1.29 is 5.11 Å². The Morgan fingerprint density at radius 2 is 1.81 bits per heavy atom. The van der Waals surface area contributed by atoms with E-state index in [-0.39, 0.29) is 0 Å². The van der Waals surface area contributed by atoms with E-state index in [0.717, 1.165) is 5.56 Å². The van der Waals surface area contributed by atoms with Crippen molar-refractivity contribution in [3.63, 3.8) is 0 Å². The van der Waals surface area contributed by atoms with Gasteiger partial charge in [0.15, 0.2) is 0 Å². The highest BCUT2D eigenvalue weighted by Crippen LogP contribution is 2.33. The number of hydrogen-bond acceptors (Lipinski definition) is 2. The summed E-state index contributed by atoms with van der Waals surface area (Å²) in [5.41, 5.74) is 2.25. The van der Waals surface area contributed by atoms with Crippen molar-refractivity contribution in [2.24, 2.45) is 0 Å². The Labute approximate surface area is 97.6 Å². The normalized spacial score (nSPS) is 10.8. The molecule has 0 aliphatic rings. The van der Waals surface area contributed by atoms with Gasteiger partial charge in [0.1, 0.15) is 5.75 Å². The molecule has 2 aromatic carbocycles. The molecule has 2 heteroatoms. The van der Waals surface area contributed by atoms with Gasteiger partial charge in [-0.1, -0.05) is 30.3 Å². The number of phenols is 1. The second kappa shape index (κ2) is 3.65. The van der Waals surface area contributed by atoms with Gasteiger partial charge in [-0.15, -0.1) is 11.3 Å². The highest BCUT2D eigenvalue weighted by Gasteiger charge is 2.04. The molecule has 1 nitrogen and oxygen atoms in total. The van der Waals surface area contributed by atoms with Crippen LogP contribution in [0.5, 0.6) is 5.75 Å². The summed E-state index contributed by atoms with van der Waals surface area (Å²) in [6, 6.07) is 15.8. The number of thiophene rings is 1. The van der Waals surface area contributed by atoms with Crippen molar-refractivity contribution in [1.29, 1.82) is 0 Å². The third kappa shape index (κ3) is 1.48. The Morgan fingerprint density at radius 1 is 0.938 bits per heavy atom. The number of hydrogen-bond donors (Lipinski definition) is 1. The lowest BCUT2D eigenvalue weighted by Gasteiger charge is -2.03. The first kappa shape index (κ1) is 9.43. The Bertz CT molecular complexity index is 640. The summed E-state index contributed by atoms with van der Waals surface area (Å²) in [4.78, 5) is 0. The van der Waals surface area contributed by atoms with Gasteiger partial charge in [-0.2, -0.15) is 0 Å². The zero-order valence-electron chi connectivity index (χ0n) is 8.55. The minimum absolute atomic E-state index is 0.311. The second-order valence-corrected chi connectivity index (χ2v) is 4.61. The van der Waals surface area contributed by atoms with Crippen LogP contribution in [0.2, 0.25) is 0 Å². The van der Waals surface area contributed by atoms with Crippen molar-refractivity contribution in [3.05, 3.63) is 53.9 Å². The number of fused-ring (bicyclic) bond motifs is 1. The van der Waals surface area contributed by atoms with E-state index in [2.05, 4.69) is 29.6 Å². The Balaban J connectivity index is 2.29. The van der Waals surface area contributed by atoms with Gasteiger partial charge in [0.05, 0.1) is 0 Å². The third-order valence-electron chi connectivity index (χ3n) is 2.64. The molecule has 1 aromatic heterocycles. The molecule has 0 saturated heterocycles. The van der Waals surface area contributed by atoms with Crippen LogP contribution in [-0.4, -0.2) is 5.11 Å². The quantitative estimate of drug-likeness (QED) is 0.656. The summed E-state index contributed by atoms with van der Waals surface area (Å²) in [7, 11) is 0. The number of rotatable bonds is 1. The summed E-state index contributed by atoms with van der Waals surface area (Å²) in [6.45, 7) is 0. The zero-order chi connectivity index (χ0) is 11.0. The van der Waals surface area contributed by atoms with Crippen LogP contribution in [-0.2, 0) is 0 Å². The van der Waals surface area contributed by atoms with E-state index in [0.29, 0.717) is 5.75 Å². The van der Waals surface area contributed by atoms with Crippen LogP contribution < -0.4 is 0 Å². The smallest absolute Gasteiger partial charge is 0.116 e. The molecule has 0 aliphatic heterocycles. The number of aromatic hydroxyl groups is 1. The molecule has 0 bridgehead atoms. The van der Waals surface area contributed by atoms with Gasteiger partial charge in [0.25, 0.3) is 0 Å². The van der Waals surface area contributed by atoms with Gasteiger partial charge in [-0.3, -0.25) is 0 Å². The van der Waals surface area contributed by atoms with Crippen LogP contribution in [0, 0.1) is 0 Å². The van der Waals surface area contributed by atoms with E-state index in [4.69, 9.17) is 0 Å². The standard InChI is InChI=1S/C14H10OS/c15-12-5-1-4-11(9-12)13-6-2-3-10-7-8-16-14(10)13/h1-9,15H. The van der Waals surface area contributed by atoms with Crippen molar-refractivity contribution in [2.75, 3.05) is 0 Å². The van der Waals surface area contributed by atoms with Crippen LogP contribution in [0.4, 0.5) is 0 Å². The molecule has 0 spiro atoms. The summed E-state index contributed by atoms with van der Waals surface area (Å²) in [5.74, 6) is 0.311. The summed E-state index contributed by atoms with van der Waals surface area (Å²) in [6.07, 6.45) is 0. The molecule has 3 aromatic rings. The van der Waals surface area contributed by atoms with E-state index in [1.54, 1.807) is 23.5 Å². The minimum Gasteiger partial charge on any atom is -0.508 e. The molecule has 0 unspecified atom stereocenters. The first-order valence-corrected chi connectivity index (χ1v) is 5.98. The Kier molecular flexibility index (Phi) is 2.15. The van der Waals surface area contributed by atoms with E-state index in [9.17, 15) is 5.11 Å².